The van der Waals surface area contributed by atoms with Gasteiger partial charge in [0, 0.05) is 23.2 Å². The van der Waals surface area contributed by atoms with Crippen molar-refractivity contribution in [1.29, 1.82) is 0 Å². The van der Waals surface area contributed by atoms with Gasteiger partial charge in [0.15, 0.2) is 5.78 Å². The van der Waals surface area contributed by atoms with Gasteiger partial charge in [-0.2, -0.15) is 0 Å². The molecule has 2 rings (SSSR count). The molecule has 22 heavy (non-hydrogen) atoms. The summed E-state index contributed by atoms with van der Waals surface area (Å²) in [6.45, 7) is 7.38. The Balaban J connectivity index is 3.00. The number of aromatic carboxylic acids is 1. The van der Waals surface area contributed by atoms with E-state index in [1.807, 2.05) is 19.9 Å². The lowest BCUT2D eigenvalue weighted by molar-refractivity contribution is 0.0698. The van der Waals surface area contributed by atoms with Crippen LogP contribution in [0, 0.1) is 6.92 Å². The first-order valence-corrected chi connectivity index (χ1v) is 7.31. The number of aromatic nitrogens is 1. The SMILES string of the molecule is CC(=O)c1c(C)n(CCO)c2c(C(=O)O)cc(C(C)C)cc12. The van der Waals surface area contributed by atoms with Crippen LogP contribution in [0.5, 0.6) is 0 Å². The second kappa shape index (κ2) is 5.93. The van der Waals surface area contributed by atoms with Crippen molar-refractivity contribution < 1.29 is 19.8 Å². The molecule has 0 bridgehead atoms. The molecule has 0 saturated heterocycles. The van der Waals surface area contributed by atoms with E-state index in [4.69, 9.17) is 0 Å². The summed E-state index contributed by atoms with van der Waals surface area (Å²) in [7, 11) is 0. The lowest BCUT2D eigenvalue weighted by Crippen LogP contribution is -2.08. The average molecular weight is 303 g/mol. The third-order valence-electron chi connectivity index (χ3n) is 4.01. The van der Waals surface area contributed by atoms with Gasteiger partial charge in [0.25, 0.3) is 0 Å². The Kier molecular flexibility index (Phi) is 4.37. The van der Waals surface area contributed by atoms with Crippen LogP contribution in [0.3, 0.4) is 0 Å². The Hall–Kier alpha value is -2.14. The summed E-state index contributed by atoms with van der Waals surface area (Å²) < 4.78 is 1.72. The summed E-state index contributed by atoms with van der Waals surface area (Å²) in [4.78, 5) is 23.7. The predicted octanol–water partition coefficient (Wildman–Crippen LogP) is 2.97. The number of hydrogen-bond acceptors (Lipinski definition) is 3. The second-order valence-corrected chi connectivity index (χ2v) is 5.82. The number of hydrogen-bond donors (Lipinski definition) is 2. The number of carbonyl (C=O) groups is 2. The third kappa shape index (κ3) is 2.52. The van der Waals surface area contributed by atoms with Gasteiger partial charge in [-0.25, -0.2) is 4.79 Å². The molecule has 0 aliphatic heterocycles. The first kappa shape index (κ1) is 16.2. The molecule has 1 aromatic heterocycles. The number of carbonyl (C=O) groups excluding carboxylic acids is 1. The molecule has 2 aromatic rings. The lowest BCUT2D eigenvalue weighted by Gasteiger charge is -2.11. The number of fused-ring (bicyclic) bond motifs is 1. The van der Waals surface area contributed by atoms with E-state index in [0.29, 0.717) is 22.2 Å². The topological polar surface area (TPSA) is 79.5 Å². The van der Waals surface area contributed by atoms with Crippen LogP contribution in [0.2, 0.25) is 0 Å². The second-order valence-electron chi connectivity index (χ2n) is 5.82. The summed E-state index contributed by atoms with van der Waals surface area (Å²) in [5.74, 6) is -0.973. The number of ketones is 1. The summed E-state index contributed by atoms with van der Waals surface area (Å²) in [6, 6.07) is 3.55. The van der Waals surface area contributed by atoms with Gasteiger partial charge in [-0.15, -0.1) is 0 Å². The number of carboxylic acids is 1. The highest BCUT2D eigenvalue weighted by atomic mass is 16.4. The molecule has 0 unspecified atom stereocenters. The number of nitrogens with zero attached hydrogens (tertiary/aromatic N) is 1. The lowest BCUT2D eigenvalue weighted by atomic mass is 9.96. The quantitative estimate of drug-likeness (QED) is 0.832. The van der Waals surface area contributed by atoms with E-state index >= 15 is 0 Å². The molecule has 0 aliphatic rings. The number of aliphatic hydroxyl groups is 1. The van der Waals surface area contributed by atoms with E-state index in [1.165, 1.54) is 6.92 Å². The molecule has 0 spiro atoms. The zero-order valence-electron chi connectivity index (χ0n) is 13.3. The number of rotatable bonds is 5. The predicted molar refractivity (Wildman–Crippen MR) is 84.8 cm³/mol. The molecular formula is C17H21NO4. The van der Waals surface area contributed by atoms with Crippen LogP contribution in [0.4, 0.5) is 0 Å². The molecule has 0 atom stereocenters. The van der Waals surface area contributed by atoms with Gasteiger partial charge in [0.1, 0.15) is 0 Å². The zero-order valence-corrected chi connectivity index (χ0v) is 13.3. The number of Topliss-reactive ketones (excluding diaryl/α,β-unsaturated/α-hetero) is 1. The normalized spacial score (nSPS) is 11.4. The Morgan fingerprint density at radius 3 is 2.36 bits per heavy atom. The summed E-state index contributed by atoms with van der Waals surface area (Å²) in [6.07, 6.45) is 0. The largest absolute Gasteiger partial charge is 0.478 e. The van der Waals surface area contributed by atoms with Gasteiger partial charge >= 0.3 is 5.97 Å². The van der Waals surface area contributed by atoms with Crippen LogP contribution in [0.1, 0.15) is 58.7 Å². The van der Waals surface area contributed by atoms with Crippen LogP contribution in [0.25, 0.3) is 10.9 Å². The summed E-state index contributed by atoms with van der Waals surface area (Å²) >= 11 is 0. The van der Waals surface area contributed by atoms with Crippen molar-refractivity contribution in [2.45, 2.75) is 40.2 Å². The maximum atomic E-state index is 12.0. The highest BCUT2D eigenvalue weighted by Crippen LogP contribution is 2.32. The van der Waals surface area contributed by atoms with E-state index in [-0.39, 0.29) is 30.4 Å². The van der Waals surface area contributed by atoms with Crippen molar-refractivity contribution in [2.24, 2.45) is 0 Å². The van der Waals surface area contributed by atoms with E-state index in [1.54, 1.807) is 17.6 Å². The molecule has 2 N–H and O–H groups in total. The van der Waals surface area contributed by atoms with Crippen LogP contribution in [-0.2, 0) is 6.54 Å². The van der Waals surface area contributed by atoms with Crippen LogP contribution in [-0.4, -0.2) is 33.1 Å². The average Bonchev–Trinajstić information content (AvgIpc) is 2.70. The van der Waals surface area contributed by atoms with E-state index in [0.717, 1.165) is 5.56 Å². The van der Waals surface area contributed by atoms with Gasteiger partial charge in [0.2, 0.25) is 0 Å². The van der Waals surface area contributed by atoms with Gasteiger partial charge in [0.05, 0.1) is 17.7 Å². The van der Waals surface area contributed by atoms with Crippen molar-refractivity contribution >= 4 is 22.7 Å². The third-order valence-corrected chi connectivity index (χ3v) is 4.01. The summed E-state index contributed by atoms with van der Waals surface area (Å²) in [5, 5.41) is 19.5. The van der Waals surface area contributed by atoms with Crippen molar-refractivity contribution in [3.63, 3.8) is 0 Å². The molecule has 0 fully saturated rings. The van der Waals surface area contributed by atoms with E-state index in [2.05, 4.69) is 0 Å². The molecule has 5 nitrogen and oxygen atoms in total. The zero-order chi connectivity index (χ0) is 16.6. The minimum Gasteiger partial charge on any atom is -0.478 e. The summed E-state index contributed by atoms with van der Waals surface area (Å²) in [5.41, 5.74) is 2.79. The Morgan fingerprint density at radius 1 is 1.27 bits per heavy atom. The monoisotopic (exact) mass is 303 g/mol. The molecule has 118 valence electrons. The minimum atomic E-state index is -1.03. The highest BCUT2D eigenvalue weighted by molar-refractivity contribution is 6.13. The first-order valence-electron chi connectivity index (χ1n) is 7.31. The molecule has 0 saturated carbocycles. The van der Waals surface area contributed by atoms with Crippen molar-refractivity contribution in [3.05, 3.63) is 34.5 Å². The molecule has 1 heterocycles. The highest BCUT2D eigenvalue weighted by Gasteiger charge is 2.23. The molecule has 1 aromatic carbocycles. The van der Waals surface area contributed by atoms with Crippen LogP contribution in [0.15, 0.2) is 12.1 Å². The fraction of sp³-hybridized carbons (Fsp3) is 0.412. The molecular weight excluding hydrogens is 282 g/mol. The maximum Gasteiger partial charge on any atom is 0.337 e. The minimum absolute atomic E-state index is 0.101. The Bertz CT molecular complexity index is 756. The maximum absolute atomic E-state index is 12.0. The van der Waals surface area contributed by atoms with Crippen molar-refractivity contribution in [3.8, 4) is 0 Å². The van der Waals surface area contributed by atoms with E-state index in [9.17, 15) is 19.8 Å². The Labute approximate surface area is 129 Å². The molecule has 5 heteroatoms. The fourth-order valence-electron chi connectivity index (χ4n) is 2.96. The number of carboxylic acid groups (broad SMARTS) is 1. The van der Waals surface area contributed by atoms with Crippen LogP contribution < -0.4 is 0 Å². The molecule has 0 aliphatic carbocycles. The first-order chi connectivity index (χ1) is 10.3. The standard InChI is InChI=1S/C17H21NO4/c1-9(2)12-7-13-15(11(4)20)10(3)18(5-6-19)16(13)14(8-12)17(21)22/h7-9,19H,5-6H2,1-4H3,(H,21,22). The smallest absolute Gasteiger partial charge is 0.337 e. The van der Waals surface area contributed by atoms with Crippen molar-refractivity contribution in [2.75, 3.05) is 6.61 Å². The van der Waals surface area contributed by atoms with Gasteiger partial charge in [-0.1, -0.05) is 13.8 Å². The Morgan fingerprint density at radius 2 is 1.91 bits per heavy atom. The van der Waals surface area contributed by atoms with E-state index < -0.39 is 5.97 Å². The van der Waals surface area contributed by atoms with Gasteiger partial charge in [-0.05, 0) is 37.5 Å². The van der Waals surface area contributed by atoms with Crippen molar-refractivity contribution in [1.82, 2.24) is 4.57 Å². The number of aliphatic hydroxyl groups excluding tert-OH is 1. The molecule has 0 amide bonds. The van der Waals surface area contributed by atoms with Gasteiger partial charge in [-0.3, -0.25) is 4.79 Å². The molecule has 0 radical (unpaired) electrons. The fourth-order valence-corrected chi connectivity index (χ4v) is 2.96. The van der Waals surface area contributed by atoms with Gasteiger partial charge < -0.3 is 14.8 Å². The number of benzene rings is 1. The van der Waals surface area contributed by atoms with Crippen LogP contribution >= 0.6 is 0 Å².